The van der Waals surface area contributed by atoms with Gasteiger partial charge in [-0.25, -0.2) is 9.59 Å². The van der Waals surface area contributed by atoms with Crippen LogP contribution in [0.25, 0.3) is 11.1 Å². The first kappa shape index (κ1) is 24.8. The molecule has 2 aliphatic heterocycles. The molecule has 1 aliphatic carbocycles. The van der Waals surface area contributed by atoms with Gasteiger partial charge in [0.2, 0.25) is 0 Å². The summed E-state index contributed by atoms with van der Waals surface area (Å²) in [5.41, 5.74) is 3.55. The summed E-state index contributed by atoms with van der Waals surface area (Å²) in [7, 11) is 1.44. The number of benzene rings is 3. The normalized spacial score (nSPS) is 19.6. The molecule has 198 valence electrons. The van der Waals surface area contributed by atoms with Crippen molar-refractivity contribution in [1.82, 2.24) is 9.96 Å². The number of likely N-dealkylation sites (tertiary alicyclic amines) is 1. The molecule has 1 unspecified atom stereocenters. The smallest absolute Gasteiger partial charge is 0.409 e. The Labute approximate surface area is 224 Å². The molecule has 9 heteroatoms. The number of ether oxygens (including phenoxy) is 2. The summed E-state index contributed by atoms with van der Waals surface area (Å²) < 4.78 is 11.1. The molecule has 3 aromatic carbocycles. The molecule has 0 N–H and O–H groups in total. The van der Waals surface area contributed by atoms with Gasteiger partial charge in [0.1, 0.15) is 12.0 Å². The molecule has 0 saturated carbocycles. The molecule has 0 radical (unpaired) electrons. The standard InChI is InChI=1S/C30H26N2O7/c1-37-18-30(28(35)39-32-26(33)23-12-6-7-13-24(23)27(32)34)14-15-31(17-30)29(36)38-16-25-21-10-4-2-8-19(21)20-9-3-5-11-22(20)25/h2-13,25H,14-18H2,1H3. The molecule has 0 bridgehead atoms. The first-order chi connectivity index (χ1) is 18.9. The Morgan fingerprint density at radius 1 is 0.846 bits per heavy atom. The zero-order chi connectivity index (χ0) is 27.1. The third kappa shape index (κ3) is 4.06. The van der Waals surface area contributed by atoms with E-state index in [9.17, 15) is 19.2 Å². The van der Waals surface area contributed by atoms with Crippen LogP contribution in [0, 0.1) is 5.41 Å². The lowest BCUT2D eigenvalue weighted by Gasteiger charge is -2.27. The first-order valence-corrected chi connectivity index (χ1v) is 12.7. The minimum Gasteiger partial charge on any atom is -0.448 e. The van der Waals surface area contributed by atoms with E-state index in [0.29, 0.717) is 5.06 Å². The van der Waals surface area contributed by atoms with Crippen LogP contribution in [0.1, 0.15) is 44.2 Å². The van der Waals surface area contributed by atoms with Crippen LogP contribution in [-0.4, -0.2) is 67.3 Å². The van der Waals surface area contributed by atoms with Gasteiger partial charge in [-0.2, -0.15) is 0 Å². The fourth-order valence-corrected chi connectivity index (χ4v) is 5.76. The number of rotatable bonds is 6. The molecular weight excluding hydrogens is 500 g/mol. The van der Waals surface area contributed by atoms with Crippen LogP contribution in [0.15, 0.2) is 72.8 Å². The number of amides is 3. The molecule has 1 atom stereocenters. The third-order valence-electron chi connectivity index (χ3n) is 7.73. The summed E-state index contributed by atoms with van der Waals surface area (Å²) >= 11 is 0. The van der Waals surface area contributed by atoms with E-state index in [0.717, 1.165) is 22.3 Å². The molecule has 2 heterocycles. The maximum absolute atomic E-state index is 13.3. The molecule has 3 amide bonds. The Hall–Kier alpha value is -4.50. The number of carbonyl (C=O) groups excluding carboxylic acids is 4. The van der Waals surface area contributed by atoms with Crippen LogP contribution in [0.3, 0.4) is 0 Å². The van der Waals surface area contributed by atoms with E-state index in [1.54, 1.807) is 12.1 Å². The van der Waals surface area contributed by atoms with Crippen molar-refractivity contribution in [2.75, 3.05) is 33.4 Å². The summed E-state index contributed by atoms with van der Waals surface area (Å²) in [6.45, 7) is 0.305. The lowest BCUT2D eigenvalue weighted by molar-refractivity contribution is -0.183. The monoisotopic (exact) mass is 526 g/mol. The molecule has 3 aliphatic rings. The number of hydrogen-bond acceptors (Lipinski definition) is 7. The average molecular weight is 527 g/mol. The number of nitrogens with zero attached hydrogens (tertiary/aromatic N) is 2. The van der Waals surface area contributed by atoms with E-state index in [-0.39, 0.29) is 49.8 Å². The Morgan fingerprint density at radius 3 is 1.95 bits per heavy atom. The zero-order valence-electron chi connectivity index (χ0n) is 21.3. The van der Waals surface area contributed by atoms with Crippen LogP contribution < -0.4 is 0 Å². The van der Waals surface area contributed by atoms with Gasteiger partial charge in [0.15, 0.2) is 0 Å². The highest BCUT2D eigenvalue weighted by atomic mass is 16.7. The second-order valence-electron chi connectivity index (χ2n) is 10.0. The number of hydroxylamine groups is 2. The molecule has 39 heavy (non-hydrogen) atoms. The predicted molar refractivity (Wildman–Crippen MR) is 139 cm³/mol. The van der Waals surface area contributed by atoms with Crippen LogP contribution >= 0.6 is 0 Å². The second kappa shape index (κ2) is 9.67. The number of carbonyl (C=O) groups is 4. The van der Waals surface area contributed by atoms with Crippen molar-refractivity contribution in [2.45, 2.75) is 12.3 Å². The minimum absolute atomic E-state index is 0.0283. The van der Waals surface area contributed by atoms with Gasteiger partial charge < -0.3 is 19.2 Å². The summed E-state index contributed by atoms with van der Waals surface area (Å²) in [5.74, 6) is -2.31. The molecule has 1 fully saturated rings. The molecule has 0 aromatic heterocycles. The van der Waals surface area contributed by atoms with Gasteiger partial charge in [-0.15, -0.1) is 0 Å². The largest absolute Gasteiger partial charge is 0.448 e. The highest BCUT2D eigenvalue weighted by Gasteiger charge is 2.51. The van der Waals surface area contributed by atoms with Crippen molar-refractivity contribution in [1.29, 1.82) is 0 Å². The quantitative estimate of drug-likeness (QED) is 0.447. The maximum Gasteiger partial charge on any atom is 0.409 e. The van der Waals surface area contributed by atoms with Gasteiger partial charge in [0.05, 0.1) is 17.7 Å². The van der Waals surface area contributed by atoms with Crippen LogP contribution in [0.2, 0.25) is 0 Å². The lowest BCUT2D eigenvalue weighted by Crippen LogP contribution is -2.45. The topological polar surface area (TPSA) is 102 Å². The Morgan fingerprint density at radius 2 is 1.38 bits per heavy atom. The van der Waals surface area contributed by atoms with Crippen molar-refractivity contribution >= 4 is 23.9 Å². The van der Waals surface area contributed by atoms with E-state index >= 15 is 0 Å². The van der Waals surface area contributed by atoms with Gasteiger partial charge in [0, 0.05) is 26.1 Å². The Kier molecular flexibility index (Phi) is 6.15. The van der Waals surface area contributed by atoms with E-state index in [2.05, 4.69) is 12.1 Å². The fraction of sp³-hybridized carbons (Fsp3) is 0.267. The molecule has 9 nitrogen and oxygen atoms in total. The van der Waals surface area contributed by atoms with E-state index in [1.165, 1.54) is 24.1 Å². The lowest BCUT2D eigenvalue weighted by atomic mass is 9.88. The van der Waals surface area contributed by atoms with Crippen LogP contribution in [-0.2, 0) is 19.1 Å². The van der Waals surface area contributed by atoms with Gasteiger partial charge in [-0.1, -0.05) is 65.7 Å². The minimum atomic E-state index is -1.25. The average Bonchev–Trinajstić information content (AvgIpc) is 3.61. The van der Waals surface area contributed by atoms with Crippen molar-refractivity contribution in [3.8, 4) is 11.1 Å². The van der Waals surface area contributed by atoms with E-state index < -0.39 is 29.3 Å². The maximum atomic E-state index is 13.3. The Bertz CT molecular complexity index is 1420. The van der Waals surface area contributed by atoms with Crippen LogP contribution in [0.4, 0.5) is 4.79 Å². The van der Waals surface area contributed by atoms with Gasteiger partial charge in [-0.3, -0.25) is 9.59 Å². The molecular formula is C30H26N2O7. The van der Waals surface area contributed by atoms with Crippen molar-refractivity contribution < 1.29 is 33.5 Å². The third-order valence-corrected chi connectivity index (χ3v) is 7.73. The number of fused-ring (bicyclic) bond motifs is 4. The SMILES string of the molecule is COCC1(C(=O)ON2C(=O)c3ccccc3C2=O)CCN(C(=O)OCC2c3ccccc3-c3ccccc32)C1. The van der Waals surface area contributed by atoms with Gasteiger partial charge >= 0.3 is 12.1 Å². The van der Waals surface area contributed by atoms with Crippen molar-refractivity contribution in [2.24, 2.45) is 5.41 Å². The summed E-state index contributed by atoms with van der Waals surface area (Å²) in [6, 6.07) is 22.4. The summed E-state index contributed by atoms with van der Waals surface area (Å²) in [4.78, 5) is 58.6. The first-order valence-electron chi connectivity index (χ1n) is 12.7. The zero-order valence-corrected chi connectivity index (χ0v) is 21.3. The van der Waals surface area contributed by atoms with Crippen LogP contribution in [0.5, 0.6) is 0 Å². The van der Waals surface area contributed by atoms with E-state index in [4.69, 9.17) is 14.3 Å². The van der Waals surface area contributed by atoms with Crippen molar-refractivity contribution in [3.63, 3.8) is 0 Å². The highest BCUT2D eigenvalue weighted by molar-refractivity contribution is 6.21. The van der Waals surface area contributed by atoms with E-state index in [1.807, 2.05) is 36.4 Å². The summed E-state index contributed by atoms with van der Waals surface area (Å²) in [6.07, 6.45) is -0.323. The molecule has 1 saturated heterocycles. The molecule has 0 spiro atoms. The molecule has 6 rings (SSSR count). The van der Waals surface area contributed by atoms with Crippen molar-refractivity contribution in [3.05, 3.63) is 95.1 Å². The predicted octanol–water partition coefficient (Wildman–Crippen LogP) is 4.03. The number of imide groups is 1. The number of hydrogen-bond donors (Lipinski definition) is 0. The number of methoxy groups -OCH3 is 1. The van der Waals surface area contributed by atoms with Gasteiger partial charge in [0.25, 0.3) is 11.8 Å². The highest BCUT2D eigenvalue weighted by Crippen LogP contribution is 2.44. The Balaban J connectivity index is 1.14. The van der Waals surface area contributed by atoms with Gasteiger partial charge in [-0.05, 0) is 40.8 Å². The summed E-state index contributed by atoms with van der Waals surface area (Å²) in [5, 5.41) is 0.486. The molecule has 3 aromatic rings. The second-order valence-corrected chi connectivity index (χ2v) is 10.0. The fourth-order valence-electron chi connectivity index (χ4n) is 5.76.